The van der Waals surface area contributed by atoms with Gasteiger partial charge in [0.2, 0.25) is 0 Å². The minimum Gasteiger partial charge on any atom is -0.422 e. The second kappa shape index (κ2) is 10.4. The summed E-state index contributed by atoms with van der Waals surface area (Å²) in [6.45, 7) is 1.52. The van der Waals surface area contributed by atoms with Gasteiger partial charge in [0.05, 0.1) is 5.56 Å². The molecule has 0 spiro atoms. The first-order chi connectivity index (χ1) is 15.6. The molecule has 0 unspecified atom stereocenters. The Bertz CT molecular complexity index is 1170. The van der Waals surface area contributed by atoms with Crippen molar-refractivity contribution in [2.75, 3.05) is 0 Å². The van der Waals surface area contributed by atoms with Crippen LogP contribution in [0.25, 0.3) is 0 Å². The fourth-order valence-electron chi connectivity index (χ4n) is 3.29. The van der Waals surface area contributed by atoms with Gasteiger partial charge in [-0.15, -0.1) is 0 Å². The molecule has 0 heterocycles. The molecule has 0 saturated carbocycles. The van der Waals surface area contributed by atoms with Crippen molar-refractivity contribution in [2.45, 2.75) is 11.8 Å². The zero-order valence-corrected chi connectivity index (χ0v) is 19.2. The van der Waals surface area contributed by atoms with Crippen molar-refractivity contribution in [2.24, 2.45) is 0 Å². The van der Waals surface area contributed by atoms with E-state index in [1.165, 1.54) is 17.5 Å². The van der Waals surface area contributed by atoms with E-state index in [0.29, 0.717) is 11.3 Å². The smallest absolute Gasteiger partial charge is 0.343 e. The maximum atomic E-state index is 12.9. The number of thioether (sulfide) groups is 1. The van der Waals surface area contributed by atoms with Crippen LogP contribution in [0.15, 0.2) is 114 Å². The molecule has 0 radical (unpaired) electrons. The van der Waals surface area contributed by atoms with Gasteiger partial charge < -0.3 is 4.74 Å². The molecule has 158 valence electrons. The topological polar surface area (TPSA) is 43.4 Å². The Balaban J connectivity index is 1.67. The molecule has 5 heteroatoms. The van der Waals surface area contributed by atoms with Crippen LogP contribution in [0.3, 0.4) is 0 Å². The van der Waals surface area contributed by atoms with Gasteiger partial charge in [0, 0.05) is 17.1 Å². The summed E-state index contributed by atoms with van der Waals surface area (Å²) in [6.07, 6.45) is 0. The van der Waals surface area contributed by atoms with Crippen LogP contribution in [-0.4, -0.2) is 11.1 Å². The number of rotatable bonds is 6. The molecule has 0 atom stereocenters. The number of benzene rings is 4. The van der Waals surface area contributed by atoms with Gasteiger partial charge in [0.15, 0.2) is 5.12 Å². The van der Waals surface area contributed by atoms with Gasteiger partial charge >= 0.3 is 5.97 Å². The molecule has 4 rings (SSSR count). The number of esters is 1. The third-order valence-electron chi connectivity index (χ3n) is 4.69. The second-order valence-electron chi connectivity index (χ2n) is 6.98. The highest BCUT2D eigenvalue weighted by Crippen LogP contribution is 2.36. The van der Waals surface area contributed by atoms with Gasteiger partial charge in [-0.2, -0.15) is 0 Å². The lowest BCUT2D eigenvalue weighted by atomic mass is 10.2. The zero-order chi connectivity index (χ0) is 22.3. The fraction of sp³-hybridized carbons (Fsp3) is 0.0370. The van der Waals surface area contributed by atoms with Gasteiger partial charge in [-0.3, -0.25) is 4.79 Å². The van der Waals surface area contributed by atoms with Crippen molar-refractivity contribution in [3.05, 3.63) is 115 Å². The van der Waals surface area contributed by atoms with Crippen LogP contribution >= 0.6 is 19.7 Å². The number of carbonyl (C=O) groups is 2. The van der Waals surface area contributed by atoms with Crippen molar-refractivity contribution in [3.63, 3.8) is 0 Å². The van der Waals surface area contributed by atoms with Gasteiger partial charge in [-0.1, -0.05) is 90.6 Å². The highest BCUT2D eigenvalue weighted by Gasteiger charge is 2.21. The quantitative estimate of drug-likeness (QED) is 0.171. The van der Waals surface area contributed by atoms with E-state index >= 15 is 0 Å². The predicted octanol–water partition coefficient (Wildman–Crippen LogP) is 5.30. The monoisotopic (exact) mass is 456 g/mol. The first kappa shape index (κ1) is 22.0. The van der Waals surface area contributed by atoms with Crippen molar-refractivity contribution >= 4 is 46.7 Å². The van der Waals surface area contributed by atoms with E-state index in [2.05, 4.69) is 24.3 Å². The normalized spacial score (nSPS) is 10.7. The summed E-state index contributed by atoms with van der Waals surface area (Å²) in [7, 11) is -0.899. The summed E-state index contributed by atoms with van der Waals surface area (Å²) in [5.74, 6) is 0.131. The third kappa shape index (κ3) is 5.34. The van der Waals surface area contributed by atoms with Crippen LogP contribution in [0, 0.1) is 0 Å². The molecule has 0 fully saturated rings. The Morgan fingerprint density at radius 1 is 0.688 bits per heavy atom. The van der Waals surface area contributed by atoms with Crippen molar-refractivity contribution in [3.8, 4) is 5.75 Å². The van der Waals surface area contributed by atoms with E-state index in [9.17, 15) is 9.59 Å². The third-order valence-corrected chi connectivity index (χ3v) is 7.96. The predicted molar refractivity (Wildman–Crippen MR) is 133 cm³/mol. The van der Waals surface area contributed by atoms with Gasteiger partial charge in [-0.05, 0) is 48.9 Å². The van der Waals surface area contributed by atoms with Gasteiger partial charge in [0.25, 0.3) is 0 Å². The van der Waals surface area contributed by atoms with Crippen LogP contribution < -0.4 is 20.7 Å². The fourth-order valence-corrected chi connectivity index (χ4v) is 6.27. The number of ether oxygens (including phenoxy) is 1. The molecule has 4 aromatic carbocycles. The highest BCUT2D eigenvalue weighted by molar-refractivity contribution is 8.13. The molecular weight excluding hydrogens is 435 g/mol. The average molecular weight is 457 g/mol. The maximum Gasteiger partial charge on any atom is 0.343 e. The van der Waals surface area contributed by atoms with E-state index < -0.39 is 13.9 Å². The Morgan fingerprint density at radius 2 is 1.22 bits per heavy atom. The van der Waals surface area contributed by atoms with Gasteiger partial charge in [0.1, 0.15) is 5.75 Å². The Hall–Kier alpha value is -3.20. The highest BCUT2D eigenvalue weighted by atomic mass is 32.2. The molecule has 3 nitrogen and oxygen atoms in total. The molecule has 0 amide bonds. The first-order valence-corrected chi connectivity index (χ1v) is 12.3. The maximum absolute atomic E-state index is 12.9. The molecule has 0 aromatic heterocycles. The van der Waals surface area contributed by atoms with Crippen LogP contribution in [-0.2, 0) is 4.79 Å². The van der Waals surface area contributed by atoms with Crippen LogP contribution in [0.2, 0.25) is 0 Å². The standard InChI is InChI=1S/C27H21O3PS/c1-20(28)32-24-18-16-21(17-19-24)27(29)30-25-14-8-9-15-26(25)31(22-10-4-2-5-11-22)23-12-6-3-7-13-23/h2-19H,1H3. The molecule has 0 aliphatic heterocycles. The van der Waals surface area contributed by atoms with E-state index in [1.54, 1.807) is 24.3 Å². The molecule has 0 N–H and O–H groups in total. The summed E-state index contributed by atoms with van der Waals surface area (Å²) in [5.41, 5.74) is 0.441. The Kier molecular flexibility index (Phi) is 7.16. The largest absolute Gasteiger partial charge is 0.422 e. The summed E-state index contributed by atoms with van der Waals surface area (Å²) < 4.78 is 5.88. The zero-order valence-electron chi connectivity index (χ0n) is 17.5. The van der Waals surface area contributed by atoms with Crippen LogP contribution in [0.1, 0.15) is 17.3 Å². The van der Waals surface area contributed by atoms with E-state index in [-0.39, 0.29) is 5.12 Å². The molecule has 4 aromatic rings. The number of hydrogen-bond acceptors (Lipinski definition) is 4. The second-order valence-corrected chi connectivity index (χ2v) is 10.4. The van der Waals surface area contributed by atoms with E-state index in [0.717, 1.165) is 22.0 Å². The van der Waals surface area contributed by atoms with Crippen LogP contribution in [0.5, 0.6) is 5.75 Å². The number of carbonyl (C=O) groups excluding carboxylic acids is 2. The minimum absolute atomic E-state index is 0.00411. The van der Waals surface area contributed by atoms with Crippen molar-refractivity contribution in [1.82, 2.24) is 0 Å². The number of para-hydroxylation sites is 1. The van der Waals surface area contributed by atoms with Crippen molar-refractivity contribution < 1.29 is 14.3 Å². The Labute approximate surface area is 193 Å². The minimum atomic E-state index is -0.899. The average Bonchev–Trinajstić information content (AvgIpc) is 2.82. The molecular formula is C27H21O3PS. The van der Waals surface area contributed by atoms with E-state index in [1.807, 2.05) is 60.7 Å². The lowest BCUT2D eigenvalue weighted by molar-refractivity contribution is -0.109. The first-order valence-electron chi connectivity index (χ1n) is 10.1. The molecule has 0 bridgehead atoms. The summed E-state index contributed by atoms with van der Waals surface area (Å²) in [5, 5.41) is 3.35. The van der Waals surface area contributed by atoms with E-state index in [4.69, 9.17) is 4.74 Å². The van der Waals surface area contributed by atoms with Crippen molar-refractivity contribution in [1.29, 1.82) is 0 Å². The molecule has 0 saturated heterocycles. The Morgan fingerprint density at radius 3 is 1.78 bits per heavy atom. The molecule has 0 aliphatic carbocycles. The van der Waals surface area contributed by atoms with Gasteiger partial charge in [-0.25, -0.2) is 4.79 Å². The summed E-state index contributed by atoms with van der Waals surface area (Å²) in [4.78, 5) is 25.0. The van der Waals surface area contributed by atoms with Crippen LogP contribution in [0.4, 0.5) is 0 Å². The lowest BCUT2D eigenvalue weighted by Gasteiger charge is -2.21. The molecule has 32 heavy (non-hydrogen) atoms. The SMILES string of the molecule is CC(=O)Sc1ccc(C(=O)Oc2ccccc2P(c2ccccc2)c2ccccc2)cc1. The number of hydrogen-bond donors (Lipinski definition) is 0. The summed E-state index contributed by atoms with van der Waals surface area (Å²) >= 11 is 1.14. The summed E-state index contributed by atoms with van der Waals surface area (Å²) in [6, 6.07) is 35.2. The lowest BCUT2D eigenvalue weighted by Crippen LogP contribution is -2.23. The molecule has 0 aliphatic rings.